The third-order valence-electron chi connectivity index (χ3n) is 16.0. The van der Waals surface area contributed by atoms with Crippen molar-refractivity contribution in [2.24, 2.45) is 11.3 Å². The van der Waals surface area contributed by atoms with E-state index in [1.54, 1.807) is 43.5 Å². The first-order valence-electron chi connectivity index (χ1n) is 25.2. The number of nitrogens with two attached hydrogens (primary N) is 1. The minimum absolute atomic E-state index is 0.0809. The minimum atomic E-state index is -3.73. The molecule has 20 heteroatoms. The Morgan fingerprint density at radius 1 is 0.873 bits per heavy atom. The Kier molecular flexibility index (Phi) is 13.7. The molecular formula is C51H61FN10O7S2. The summed E-state index contributed by atoms with van der Waals surface area (Å²) in [5, 5.41) is 3.14. The first-order valence-corrected chi connectivity index (χ1v) is 27.7. The molecule has 17 nitrogen and oxygen atoms in total. The summed E-state index contributed by atoms with van der Waals surface area (Å²) in [6.07, 6.45) is 12.5. The molecule has 5 amide bonds. The number of carbonyl (C=O) groups is 5. The number of likely N-dealkylation sites (tertiary alicyclic amines) is 2. The Morgan fingerprint density at radius 2 is 1.61 bits per heavy atom. The Hall–Kier alpha value is -5.86. The summed E-state index contributed by atoms with van der Waals surface area (Å²) in [5.41, 5.74) is 8.60. The third-order valence-corrected chi connectivity index (χ3v) is 18.7. The number of sulfonamides is 1. The van der Waals surface area contributed by atoms with Crippen molar-refractivity contribution in [1.29, 1.82) is 0 Å². The van der Waals surface area contributed by atoms with Gasteiger partial charge in [0.15, 0.2) is 5.82 Å². The first-order chi connectivity index (χ1) is 34.2. The van der Waals surface area contributed by atoms with Gasteiger partial charge < -0.3 is 20.4 Å². The van der Waals surface area contributed by atoms with Crippen LogP contribution in [0.5, 0.6) is 0 Å². The standard InChI is InChI=1S/C51H61FN10O7S2/c1-2-28-71(68,69)58-38-5-3-4-36(43(38)52)44-45(39-12-21-54-50(53)55-39)70-47(57-44)32-10-17-51(18-11-32)19-26-61(27-20-51)42(64)29-31-13-22-59(23-14-31)33-15-24-60(25-16-33)34-6-7-35-37(30-34)49(67)62(48(35)66)40-8-9-41(63)56-46(40)65/h3-7,12,21,30-33,40,58H,2,8-11,13-20,22-29H2,1H3,(H2,53,54,55)(H,56,63,65)/t40-/m1/s1. The minimum Gasteiger partial charge on any atom is -0.371 e. The fourth-order valence-electron chi connectivity index (χ4n) is 11.9. The average molecular weight is 1010 g/mol. The molecule has 2 aromatic heterocycles. The van der Waals surface area contributed by atoms with Gasteiger partial charge in [-0.25, -0.2) is 27.8 Å². The van der Waals surface area contributed by atoms with Crippen molar-refractivity contribution in [2.45, 2.75) is 115 Å². The van der Waals surface area contributed by atoms with Crippen molar-refractivity contribution in [2.75, 3.05) is 60.4 Å². The Bertz CT molecular complexity index is 2840. The molecule has 5 fully saturated rings. The van der Waals surface area contributed by atoms with E-state index in [0.717, 1.165) is 119 Å². The first kappa shape index (κ1) is 48.8. The summed E-state index contributed by atoms with van der Waals surface area (Å²) in [6.45, 7) is 6.86. The van der Waals surface area contributed by atoms with Crippen LogP contribution in [0.2, 0.25) is 0 Å². The van der Waals surface area contributed by atoms with Gasteiger partial charge in [-0.1, -0.05) is 13.0 Å². The highest BCUT2D eigenvalue weighted by atomic mass is 32.2. The number of anilines is 3. The molecule has 5 aliphatic heterocycles. The van der Waals surface area contributed by atoms with Crippen LogP contribution in [0.25, 0.3) is 21.8 Å². The quantitative estimate of drug-likeness (QED) is 0.128. The molecular weight excluding hydrogens is 948 g/mol. The van der Waals surface area contributed by atoms with E-state index in [1.807, 2.05) is 6.07 Å². The number of fused-ring (bicyclic) bond motifs is 1. The number of hydrogen-bond acceptors (Lipinski definition) is 14. The van der Waals surface area contributed by atoms with E-state index in [4.69, 9.17) is 10.7 Å². The lowest BCUT2D eigenvalue weighted by Crippen LogP contribution is -2.54. The lowest BCUT2D eigenvalue weighted by molar-refractivity contribution is -0.137. The number of carbonyl (C=O) groups excluding carboxylic acids is 5. The summed E-state index contributed by atoms with van der Waals surface area (Å²) in [7, 11) is -3.73. The molecule has 1 atom stereocenters. The predicted molar refractivity (Wildman–Crippen MR) is 267 cm³/mol. The summed E-state index contributed by atoms with van der Waals surface area (Å²) in [6, 6.07) is 11.2. The SMILES string of the molecule is CCCS(=O)(=O)Nc1cccc(-c2nc(C3CCC4(CC3)CCN(C(=O)CC3CCN(C5CCN(c6ccc7c(c6)C(=O)N([C@@H]6CCC(=O)NC6=O)C7=O)CC5)CC3)CC4)sc2-c2ccnc(N)n2)c1F. The van der Waals surface area contributed by atoms with E-state index in [9.17, 15) is 32.4 Å². The smallest absolute Gasteiger partial charge is 0.262 e. The van der Waals surface area contributed by atoms with Crippen molar-refractivity contribution >= 4 is 68.2 Å². The van der Waals surface area contributed by atoms with Gasteiger partial charge in [0.2, 0.25) is 33.7 Å². The van der Waals surface area contributed by atoms with E-state index in [0.29, 0.717) is 46.6 Å². The van der Waals surface area contributed by atoms with Gasteiger partial charge in [0.25, 0.3) is 11.8 Å². The number of piperidine rings is 4. The summed E-state index contributed by atoms with van der Waals surface area (Å²) >= 11 is 1.47. The molecule has 1 saturated carbocycles. The lowest BCUT2D eigenvalue weighted by atomic mass is 9.65. The second kappa shape index (κ2) is 20.0. The van der Waals surface area contributed by atoms with Crippen molar-refractivity contribution in [3.63, 3.8) is 0 Å². The maximum absolute atomic E-state index is 16.2. The van der Waals surface area contributed by atoms with Crippen LogP contribution in [0, 0.1) is 17.2 Å². The van der Waals surface area contributed by atoms with Gasteiger partial charge >= 0.3 is 0 Å². The number of nitrogens with one attached hydrogen (secondary N) is 2. The molecule has 71 heavy (non-hydrogen) atoms. The zero-order chi connectivity index (χ0) is 49.6. The van der Waals surface area contributed by atoms with Crippen LogP contribution < -0.4 is 20.7 Å². The molecule has 1 aliphatic carbocycles. The number of rotatable bonds is 12. The highest BCUT2D eigenvalue weighted by molar-refractivity contribution is 7.92. The zero-order valence-electron chi connectivity index (χ0n) is 40.0. The van der Waals surface area contributed by atoms with E-state index >= 15 is 4.39 Å². The average Bonchev–Trinajstić information content (AvgIpc) is 3.91. The van der Waals surface area contributed by atoms with Crippen molar-refractivity contribution in [1.82, 2.24) is 35.0 Å². The normalized spacial score (nSPS) is 21.8. The Morgan fingerprint density at radius 3 is 2.31 bits per heavy atom. The lowest BCUT2D eigenvalue weighted by Gasteiger charge is -2.46. The number of benzene rings is 2. The van der Waals surface area contributed by atoms with Crippen molar-refractivity contribution in [3.8, 4) is 21.8 Å². The molecule has 10 rings (SSSR count). The van der Waals surface area contributed by atoms with Gasteiger partial charge in [-0.05, 0) is 138 Å². The number of thiazole rings is 1. The maximum atomic E-state index is 16.2. The van der Waals surface area contributed by atoms with Crippen LogP contribution in [0.1, 0.15) is 128 Å². The topological polar surface area (TPSA) is 221 Å². The summed E-state index contributed by atoms with van der Waals surface area (Å²) in [4.78, 5) is 86.7. The van der Waals surface area contributed by atoms with Crippen LogP contribution in [0.3, 0.4) is 0 Å². The summed E-state index contributed by atoms with van der Waals surface area (Å²) < 4.78 is 43.8. The molecule has 4 aromatic rings. The van der Waals surface area contributed by atoms with E-state index in [2.05, 4.69) is 34.7 Å². The molecule has 0 unspecified atom stereocenters. The number of imide groups is 2. The van der Waals surface area contributed by atoms with Crippen LogP contribution in [0.4, 0.5) is 21.7 Å². The van der Waals surface area contributed by atoms with Gasteiger partial charge in [-0.15, -0.1) is 11.3 Å². The molecule has 376 valence electrons. The maximum Gasteiger partial charge on any atom is 0.262 e. The van der Waals surface area contributed by atoms with Crippen LogP contribution in [-0.2, 0) is 24.4 Å². The fraction of sp³-hybridized carbons (Fsp3) is 0.529. The van der Waals surface area contributed by atoms with Crippen LogP contribution in [-0.4, -0.2) is 125 Å². The Labute approximate surface area is 417 Å². The second-order valence-electron chi connectivity index (χ2n) is 20.4. The van der Waals surface area contributed by atoms with Crippen molar-refractivity contribution < 1.29 is 36.8 Å². The highest BCUT2D eigenvalue weighted by Crippen LogP contribution is 2.51. The molecule has 0 bridgehead atoms. The third kappa shape index (κ3) is 10.0. The number of halogens is 1. The molecule has 2 aromatic carbocycles. The molecule has 0 radical (unpaired) electrons. The molecule has 4 N–H and O–H groups in total. The molecule has 6 aliphatic rings. The predicted octanol–water partition coefficient (Wildman–Crippen LogP) is 6.58. The van der Waals surface area contributed by atoms with E-state index in [-0.39, 0.29) is 58.6 Å². The zero-order valence-corrected chi connectivity index (χ0v) is 41.7. The number of nitrogen functional groups attached to an aromatic ring is 1. The number of aromatic nitrogens is 3. The number of amides is 5. The van der Waals surface area contributed by atoms with Gasteiger partial charge in [-0.2, -0.15) is 0 Å². The van der Waals surface area contributed by atoms with Gasteiger partial charge in [0.05, 0.1) is 43.8 Å². The van der Waals surface area contributed by atoms with Gasteiger partial charge in [-0.3, -0.25) is 38.9 Å². The van der Waals surface area contributed by atoms with Crippen molar-refractivity contribution in [3.05, 3.63) is 70.6 Å². The highest BCUT2D eigenvalue weighted by Gasteiger charge is 2.45. The number of nitrogens with zero attached hydrogens (tertiary/aromatic N) is 7. The van der Waals surface area contributed by atoms with E-state index < -0.39 is 45.5 Å². The molecule has 7 heterocycles. The van der Waals surface area contributed by atoms with Gasteiger partial charge in [0, 0.05) is 68.4 Å². The second-order valence-corrected chi connectivity index (χ2v) is 23.2. The van der Waals surface area contributed by atoms with Crippen LogP contribution >= 0.6 is 11.3 Å². The monoisotopic (exact) mass is 1010 g/mol. The molecule has 1 spiro atoms. The summed E-state index contributed by atoms with van der Waals surface area (Å²) in [5.74, 6) is -1.95. The van der Waals surface area contributed by atoms with E-state index in [1.165, 1.54) is 17.4 Å². The fourth-order valence-corrected chi connectivity index (χ4v) is 14.3. The molecule has 4 saturated heterocycles. The largest absolute Gasteiger partial charge is 0.371 e. The van der Waals surface area contributed by atoms with Gasteiger partial charge in [0.1, 0.15) is 6.04 Å². The Balaban J connectivity index is 0.690. The van der Waals surface area contributed by atoms with Crippen LogP contribution in [0.15, 0.2) is 48.7 Å². The number of hydrogen-bond donors (Lipinski definition) is 3.